The van der Waals surface area contributed by atoms with Gasteiger partial charge in [-0.15, -0.1) is 0 Å². The molecule has 2 aromatic rings. The zero-order valence-electron chi connectivity index (χ0n) is 14.6. The van der Waals surface area contributed by atoms with Crippen LogP contribution in [0.1, 0.15) is 53.3 Å². The van der Waals surface area contributed by atoms with Crippen LogP contribution < -0.4 is 15.6 Å². The molecule has 26 heavy (non-hydrogen) atoms. The van der Waals surface area contributed by atoms with Gasteiger partial charge in [-0.05, 0) is 42.8 Å². The highest BCUT2D eigenvalue weighted by molar-refractivity contribution is 6.29. The molecule has 138 valence electrons. The number of hydrazine groups is 1. The van der Waals surface area contributed by atoms with Crippen molar-refractivity contribution >= 4 is 23.4 Å². The molecule has 0 radical (unpaired) electrons. The van der Waals surface area contributed by atoms with Crippen LogP contribution >= 0.6 is 11.6 Å². The Labute approximate surface area is 157 Å². The average molecular weight is 376 g/mol. The van der Waals surface area contributed by atoms with Gasteiger partial charge >= 0.3 is 0 Å². The second-order valence-corrected chi connectivity index (χ2v) is 6.10. The molecule has 0 bridgehead atoms. The second-order valence-electron chi connectivity index (χ2n) is 5.71. The summed E-state index contributed by atoms with van der Waals surface area (Å²) < 4.78 is 5.63. The summed E-state index contributed by atoms with van der Waals surface area (Å²) in [5.41, 5.74) is 5.41. The minimum atomic E-state index is -0.477. The van der Waals surface area contributed by atoms with E-state index >= 15 is 0 Å². The number of nitrogens with zero attached hydrogens (tertiary/aromatic N) is 1. The minimum absolute atomic E-state index is 0.203. The maximum atomic E-state index is 12.1. The summed E-state index contributed by atoms with van der Waals surface area (Å²) >= 11 is 5.73. The third kappa shape index (κ3) is 6.37. The van der Waals surface area contributed by atoms with Gasteiger partial charge in [-0.1, -0.05) is 37.8 Å². The number of rotatable bonds is 8. The van der Waals surface area contributed by atoms with Gasteiger partial charge in [-0.3, -0.25) is 20.4 Å². The van der Waals surface area contributed by atoms with Crippen molar-refractivity contribution in [2.75, 3.05) is 6.61 Å². The van der Waals surface area contributed by atoms with Gasteiger partial charge in [-0.2, -0.15) is 0 Å². The molecule has 0 unspecified atom stereocenters. The predicted octanol–water partition coefficient (Wildman–Crippen LogP) is 3.77. The summed E-state index contributed by atoms with van der Waals surface area (Å²) in [6, 6.07) is 9.67. The largest absolute Gasteiger partial charge is 0.494 e. The van der Waals surface area contributed by atoms with Gasteiger partial charge in [0.2, 0.25) is 0 Å². The van der Waals surface area contributed by atoms with Crippen molar-refractivity contribution in [3.63, 3.8) is 0 Å². The molecule has 0 saturated heterocycles. The summed E-state index contributed by atoms with van der Waals surface area (Å²) in [5, 5.41) is 0.203. The average Bonchev–Trinajstić information content (AvgIpc) is 2.66. The topological polar surface area (TPSA) is 80.3 Å². The zero-order valence-corrected chi connectivity index (χ0v) is 15.4. The number of hydrogen-bond acceptors (Lipinski definition) is 4. The highest BCUT2D eigenvalue weighted by Crippen LogP contribution is 2.13. The first-order valence-electron chi connectivity index (χ1n) is 8.55. The Hall–Kier alpha value is -2.60. The summed E-state index contributed by atoms with van der Waals surface area (Å²) in [5.74, 6) is -0.184. The monoisotopic (exact) mass is 375 g/mol. The van der Waals surface area contributed by atoms with Crippen molar-refractivity contribution < 1.29 is 14.3 Å². The van der Waals surface area contributed by atoms with Gasteiger partial charge in [0.25, 0.3) is 11.8 Å². The molecule has 0 aliphatic rings. The van der Waals surface area contributed by atoms with Crippen LogP contribution in [-0.4, -0.2) is 23.4 Å². The fourth-order valence-electron chi connectivity index (χ4n) is 2.22. The van der Waals surface area contributed by atoms with Gasteiger partial charge < -0.3 is 4.74 Å². The molecule has 0 saturated carbocycles. The number of benzene rings is 1. The lowest BCUT2D eigenvalue weighted by atomic mass is 10.2. The number of unbranched alkanes of at least 4 members (excludes halogenated alkanes) is 3. The molecular weight excluding hydrogens is 354 g/mol. The third-order valence-electron chi connectivity index (χ3n) is 3.66. The molecule has 1 aromatic carbocycles. The standard InChI is InChI=1S/C19H22ClN3O3/c1-2-3-4-5-12-26-16-8-6-14(7-9-16)18(24)22-23-19(25)15-10-11-21-17(20)13-15/h6-11,13H,2-5,12H2,1H3,(H,22,24)(H,23,25). The first-order valence-corrected chi connectivity index (χ1v) is 8.93. The maximum Gasteiger partial charge on any atom is 0.269 e. The van der Waals surface area contributed by atoms with E-state index in [-0.39, 0.29) is 5.15 Å². The van der Waals surface area contributed by atoms with Gasteiger partial charge in [0, 0.05) is 17.3 Å². The summed E-state index contributed by atoms with van der Waals surface area (Å²) in [6.45, 7) is 2.83. The van der Waals surface area contributed by atoms with E-state index < -0.39 is 11.8 Å². The van der Waals surface area contributed by atoms with Crippen molar-refractivity contribution in [1.82, 2.24) is 15.8 Å². The summed E-state index contributed by atoms with van der Waals surface area (Å²) in [6.07, 6.45) is 5.98. The molecule has 1 heterocycles. The van der Waals surface area contributed by atoms with E-state index in [9.17, 15) is 9.59 Å². The van der Waals surface area contributed by atoms with Gasteiger partial charge in [0.05, 0.1) is 6.61 Å². The molecule has 2 amide bonds. The van der Waals surface area contributed by atoms with Crippen molar-refractivity contribution in [3.05, 3.63) is 58.9 Å². The molecule has 0 fully saturated rings. The fraction of sp³-hybridized carbons (Fsp3) is 0.316. The van der Waals surface area contributed by atoms with Crippen molar-refractivity contribution in [2.24, 2.45) is 0 Å². The first kappa shape index (κ1) is 19.7. The number of aromatic nitrogens is 1. The van der Waals surface area contributed by atoms with E-state index in [2.05, 4.69) is 22.8 Å². The number of nitrogens with one attached hydrogen (secondary N) is 2. The summed E-state index contributed by atoms with van der Waals surface area (Å²) in [7, 11) is 0. The van der Waals surface area contributed by atoms with Gasteiger partial charge in [0.1, 0.15) is 10.9 Å². The van der Waals surface area contributed by atoms with Crippen LogP contribution in [0.5, 0.6) is 5.75 Å². The molecule has 6 nitrogen and oxygen atoms in total. The molecule has 2 N–H and O–H groups in total. The number of pyridine rings is 1. The van der Waals surface area contributed by atoms with Crippen LogP contribution in [0.4, 0.5) is 0 Å². The Morgan fingerprint density at radius 2 is 1.69 bits per heavy atom. The van der Waals surface area contributed by atoms with E-state index in [1.54, 1.807) is 24.3 Å². The van der Waals surface area contributed by atoms with E-state index in [0.717, 1.165) is 12.8 Å². The number of carbonyl (C=O) groups excluding carboxylic acids is 2. The molecule has 7 heteroatoms. The Morgan fingerprint density at radius 1 is 1.00 bits per heavy atom. The molecule has 0 aliphatic carbocycles. The summed E-state index contributed by atoms with van der Waals surface area (Å²) in [4.78, 5) is 27.8. The maximum absolute atomic E-state index is 12.1. The minimum Gasteiger partial charge on any atom is -0.494 e. The van der Waals surface area contributed by atoms with Crippen LogP contribution in [0.2, 0.25) is 5.15 Å². The lowest BCUT2D eigenvalue weighted by Gasteiger charge is -2.09. The number of halogens is 1. The van der Waals surface area contributed by atoms with Crippen LogP contribution in [-0.2, 0) is 0 Å². The number of ether oxygens (including phenoxy) is 1. The van der Waals surface area contributed by atoms with Crippen LogP contribution in [0.25, 0.3) is 0 Å². The predicted molar refractivity (Wildman–Crippen MR) is 100 cm³/mol. The molecule has 2 rings (SSSR count). The van der Waals surface area contributed by atoms with Gasteiger partial charge in [-0.25, -0.2) is 4.98 Å². The zero-order chi connectivity index (χ0) is 18.8. The Morgan fingerprint density at radius 3 is 2.35 bits per heavy atom. The van der Waals surface area contributed by atoms with Crippen molar-refractivity contribution in [1.29, 1.82) is 0 Å². The number of carbonyl (C=O) groups is 2. The number of amides is 2. The fourth-order valence-corrected chi connectivity index (χ4v) is 2.40. The highest BCUT2D eigenvalue weighted by Gasteiger charge is 2.10. The van der Waals surface area contributed by atoms with E-state index in [4.69, 9.17) is 16.3 Å². The first-order chi connectivity index (χ1) is 12.6. The van der Waals surface area contributed by atoms with Crippen LogP contribution in [0.15, 0.2) is 42.6 Å². The molecule has 0 spiro atoms. The van der Waals surface area contributed by atoms with Crippen LogP contribution in [0.3, 0.4) is 0 Å². The second kappa shape index (κ2) is 10.4. The van der Waals surface area contributed by atoms with Crippen molar-refractivity contribution in [2.45, 2.75) is 32.6 Å². The van der Waals surface area contributed by atoms with Crippen LogP contribution in [0, 0.1) is 0 Å². The molecular formula is C19H22ClN3O3. The Balaban J connectivity index is 1.79. The lowest BCUT2D eigenvalue weighted by Crippen LogP contribution is -2.41. The SMILES string of the molecule is CCCCCCOc1ccc(C(=O)NNC(=O)c2ccnc(Cl)c2)cc1. The normalized spacial score (nSPS) is 10.2. The van der Waals surface area contributed by atoms with Crippen molar-refractivity contribution in [3.8, 4) is 5.75 Å². The van der Waals surface area contributed by atoms with E-state index in [1.165, 1.54) is 31.2 Å². The Bertz CT molecular complexity index is 735. The van der Waals surface area contributed by atoms with E-state index in [1.807, 2.05) is 0 Å². The smallest absolute Gasteiger partial charge is 0.269 e. The highest BCUT2D eigenvalue weighted by atomic mass is 35.5. The third-order valence-corrected chi connectivity index (χ3v) is 3.87. The lowest BCUT2D eigenvalue weighted by molar-refractivity contribution is 0.0846. The Kier molecular flexibility index (Phi) is 7.89. The molecule has 1 aromatic heterocycles. The molecule has 0 aliphatic heterocycles. The number of hydrogen-bond donors (Lipinski definition) is 2. The van der Waals surface area contributed by atoms with Gasteiger partial charge in [0.15, 0.2) is 0 Å². The van der Waals surface area contributed by atoms with E-state index in [0.29, 0.717) is 23.5 Å². The molecule has 0 atom stereocenters. The quantitative estimate of drug-likeness (QED) is 0.418.